The summed E-state index contributed by atoms with van der Waals surface area (Å²) in [5.74, 6) is -0.108. The van der Waals surface area contributed by atoms with Crippen molar-refractivity contribution in [2.45, 2.75) is 27.2 Å². The van der Waals surface area contributed by atoms with E-state index in [0.717, 1.165) is 28.9 Å². The Morgan fingerprint density at radius 3 is 2.62 bits per heavy atom. The Morgan fingerprint density at radius 2 is 1.92 bits per heavy atom. The minimum absolute atomic E-state index is 0.108. The first-order chi connectivity index (χ1) is 12.5. The standard InChI is InChI=1S/C20H24N4O2/c1-13-6-8-16(9-7-13)24-19-18(15(3)23-24)17(12-14(2)22-19)20(25)21-10-5-11-26-4/h6-9,12H,5,10-11H2,1-4H3,(H,21,25). The fourth-order valence-electron chi connectivity index (χ4n) is 2.97. The van der Waals surface area contributed by atoms with Gasteiger partial charge in [0, 0.05) is 26.0 Å². The van der Waals surface area contributed by atoms with Gasteiger partial charge in [0.15, 0.2) is 5.65 Å². The first kappa shape index (κ1) is 18.1. The van der Waals surface area contributed by atoms with E-state index in [1.54, 1.807) is 11.8 Å². The molecular formula is C20H24N4O2. The van der Waals surface area contributed by atoms with Gasteiger partial charge in [-0.25, -0.2) is 9.67 Å². The van der Waals surface area contributed by atoms with Crippen molar-refractivity contribution in [3.05, 3.63) is 52.8 Å². The van der Waals surface area contributed by atoms with Crippen molar-refractivity contribution in [2.24, 2.45) is 0 Å². The zero-order valence-electron chi connectivity index (χ0n) is 15.7. The highest BCUT2D eigenvalue weighted by Gasteiger charge is 2.19. The van der Waals surface area contributed by atoms with E-state index in [-0.39, 0.29) is 5.91 Å². The smallest absolute Gasteiger partial charge is 0.252 e. The Hall–Kier alpha value is -2.73. The maximum atomic E-state index is 12.7. The second kappa shape index (κ2) is 7.66. The van der Waals surface area contributed by atoms with Gasteiger partial charge in [0.1, 0.15) is 0 Å². The van der Waals surface area contributed by atoms with Gasteiger partial charge in [-0.2, -0.15) is 5.10 Å². The van der Waals surface area contributed by atoms with Crippen LogP contribution in [0.1, 0.15) is 33.7 Å². The number of amides is 1. The molecule has 0 atom stereocenters. The van der Waals surface area contributed by atoms with E-state index in [1.165, 1.54) is 5.56 Å². The lowest BCUT2D eigenvalue weighted by Crippen LogP contribution is -2.25. The van der Waals surface area contributed by atoms with Gasteiger partial charge in [-0.05, 0) is 45.4 Å². The molecule has 0 saturated heterocycles. The normalized spacial score (nSPS) is 11.1. The summed E-state index contributed by atoms with van der Waals surface area (Å²) in [4.78, 5) is 17.3. The van der Waals surface area contributed by atoms with Crippen LogP contribution in [0.2, 0.25) is 0 Å². The summed E-state index contributed by atoms with van der Waals surface area (Å²) in [6.45, 7) is 7.04. The summed E-state index contributed by atoms with van der Waals surface area (Å²) in [7, 11) is 1.65. The largest absolute Gasteiger partial charge is 0.385 e. The number of nitrogens with zero attached hydrogens (tertiary/aromatic N) is 3. The van der Waals surface area contributed by atoms with Crippen molar-refractivity contribution < 1.29 is 9.53 Å². The fraction of sp³-hybridized carbons (Fsp3) is 0.350. The van der Waals surface area contributed by atoms with Crippen LogP contribution in [0.3, 0.4) is 0 Å². The van der Waals surface area contributed by atoms with Crippen LogP contribution in [-0.2, 0) is 4.74 Å². The number of fused-ring (bicyclic) bond motifs is 1. The van der Waals surface area contributed by atoms with Gasteiger partial charge in [0.2, 0.25) is 0 Å². The number of carbonyl (C=O) groups is 1. The van der Waals surface area contributed by atoms with Gasteiger partial charge in [-0.15, -0.1) is 0 Å². The van der Waals surface area contributed by atoms with Gasteiger partial charge >= 0.3 is 0 Å². The second-order valence-electron chi connectivity index (χ2n) is 6.44. The van der Waals surface area contributed by atoms with Gasteiger partial charge in [-0.1, -0.05) is 17.7 Å². The Morgan fingerprint density at radius 1 is 1.19 bits per heavy atom. The third-order valence-electron chi connectivity index (χ3n) is 4.27. The molecule has 1 N–H and O–H groups in total. The number of hydrogen-bond donors (Lipinski definition) is 1. The first-order valence-electron chi connectivity index (χ1n) is 8.72. The molecule has 0 aliphatic carbocycles. The van der Waals surface area contributed by atoms with Crippen molar-refractivity contribution in [1.82, 2.24) is 20.1 Å². The van der Waals surface area contributed by atoms with Crippen molar-refractivity contribution in [3.8, 4) is 5.69 Å². The summed E-state index contributed by atoms with van der Waals surface area (Å²) in [5.41, 5.74) is 5.00. The molecule has 1 amide bonds. The molecule has 136 valence electrons. The molecule has 3 aromatic rings. The highest BCUT2D eigenvalue weighted by molar-refractivity contribution is 6.06. The quantitative estimate of drug-likeness (QED) is 0.692. The number of pyridine rings is 1. The molecule has 1 aromatic carbocycles. The van der Waals surface area contributed by atoms with E-state index in [0.29, 0.717) is 24.4 Å². The van der Waals surface area contributed by atoms with E-state index >= 15 is 0 Å². The molecule has 0 unspecified atom stereocenters. The van der Waals surface area contributed by atoms with Crippen LogP contribution >= 0.6 is 0 Å². The van der Waals surface area contributed by atoms with E-state index in [2.05, 4.69) is 15.4 Å². The zero-order chi connectivity index (χ0) is 18.7. The summed E-state index contributed by atoms with van der Waals surface area (Å²) in [6.07, 6.45) is 0.775. The maximum Gasteiger partial charge on any atom is 0.252 e. The number of carbonyl (C=O) groups excluding carboxylic acids is 1. The minimum Gasteiger partial charge on any atom is -0.385 e. The predicted octanol–water partition coefficient (Wildman–Crippen LogP) is 3.11. The van der Waals surface area contributed by atoms with Crippen molar-refractivity contribution in [2.75, 3.05) is 20.3 Å². The van der Waals surface area contributed by atoms with Gasteiger partial charge in [0.05, 0.1) is 22.3 Å². The number of nitrogens with one attached hydrogen (secondary N) is 1. The highest BCUT2D eigenvalue weighted by Crippen LogP contribution is 2.25. The monoisotopic (exact) mass is 352 g/mol. The Kier molecular flexibility index (Phi) is 5.32. The van der Waals surface area contributed by atoms with Crippen LogP contribution in [0.15, 0.2) is 30.3 Å². The van der Waals surface area contributed by atoms with Crippen LogP contribution in [-0.4, -0.2) is 40.9 Å². The van der Waals surface area contributed by atoms with E-state index in [9.17, 15) is 4.79 Å². The van der Waals surface area contributed by atoms with Crippen LogP contribution in [0.5, 0.6) is 0 Å². The summed E-state index contributed by atoms with van der Waals surface area (Å²) >= 11 is 0. The highest BCUT2D eigenvalue weighted by atomic mass is 16.5. The average molecular weight is 352 g/mol. The van der Waals surface area contributed by atoms with E-state index in [1.807, 2.05) is 51.1 Å². The number of aryl methyl sites for hydroxylation is 3. The van der Waals surface area contributed by atoms with Crippen LogP contribution in [0, 0.1) is 20.8 Å². The van der Waals surface area contributed by atoms with Crippen LogP contribution < -0.4 is 5.32 Å². The number of methoxy groups -OCH3 is 1. The second-order valence-corrected chi connectivity index (χ2v) is 6.44. The minimum atomic E-state index is -0.108. The molecule has 0 aliphatic rings. The fourth-order valence-corrected chi connectivity index (χ4v) is 2.97. The van der Waals surface area contributed by atoms with Gasteiger partial charge in [-0.3, -0.25) is 4.79 Å². The third-order valence-corrected chi connectivity index (χ3v) is 4.27. The lowest BCUT2D eigenvalue weighted by molar-refractivity contribution is 0.0950. The number of aromatic nitrogens is 3. The maximum absolute atomic E-state index is 12.7. The lowest BCUT2D eigenvalue weighted by Gasteiger charge is -2.08. The molecule has 0 bridgehead atoms. The molecule has 2 heterocycles. The first-order valence-corrected chi connectivity index (χ1v) is 8.72. The molecule has 0 fully saturated rings. The molecule has 6 heteroatoms. The predicted molar refractivity (Wildman–Crippen MR) is 102 cm³/mol. The number of ether oxygens (including phenoxy) is 1. The average Bonchev–Trinajstić information content (AvgIpc) is 2.95. The number of benzene rings is 1. The van der Waals surface area contributed by atoms with Crippen molar-refractivity contribution in [3.63, 3.8) is 0 Å². The Bertz CT molecular complexity index is 929. The lowest BCUT2D eigenvalue weighted by atomic mass is 10.1. The molecule has 0 radical (unpaired) electrons. The van der Waals surface area contributed by atoms with E-state index < -0.39 is 0 Å². The molecular weight excluding hydrogens is 328 g/mol. The molecule has 3 rings (SSSR count). The SMILES string of the molecule is COCCCNC(=O)c1cc(C)nc2c1c(C)nn2-c1ccc(C)cc1. The summed E-state index contributed by atoms with van der Waals surface area (Å²) < 4.78 is 6.83. The summed E-state index contributed by atoms with van der Waals surface area (Å²) in [5, 5.41) is 8.38. The molecule has 6 nitrogen and oxygen atoms in total. The Balaban J connectivity index is 2.03. The Labute approximate surface area is 153 Å². The van der Waals surface area contributed by atoms with Crippen LogP contribution in [0.4, 0.5) is 0 Å². The molecule has 0 aliphatic heterocycles. The van der Waals surface area contributed by atoms with Crippen molar-refractivity contribution in [1.29, 1.82) is 0 Å². The van der Waals surface area contributed by atoms with E-state index in [4.69, 9.17) is 4.74 Å². The third kappa shape index (κ3) is 3.60. The molecule has 2 aromatic heterocycles. The van der Waals surface area contributed by atoms with Crippen molar-refractivity contribution >= 4 is 16.9 Å². The topological polar surface area (TPSA) is 69.0 Å². The number of rotatable bonds is 6. The number of hydrogen-bond acceptors (Lipinski definition) is 4. The van der Waals surface area contributed by atoms with Gasteiger partial charge in [0.25, 0.3) is 5.91 Å². The molecule has 0 spiro atoms. The van der Waals surface area contributed by atoms with Crippen LogP contribution in [0.25, 0.3) is 16.7 Å². The molecule has 26 heavy (non-hydrogen) atoms. The zero-order valence-corrected chi connectivity index (χ0v) is 15.7. The summed E-state index contributed by atoms with van der Waals surface area (Å²) in [6, 6.07) is 9.92. The molecule has 0 saturated carbocycles. The van der Waals surface area contributed by atoms with Gasteiger partial charge < -0.3 is 10.1 Å².